The third-order valence-corrected chi connectivity index (χ3v) is 11.8. The van der Waals surface area contributed by atoms with Gasteiger partial charge in [-0.15, -0.1) is 11.3 Å². The van der Waals surface area contributed by atoms with Gasteiger partial charge in [0.05, 0.1) is 18.5 Å². The van der Waals surface area contributed by atoms with Crippen LogP contribution in [-0.2, 0) is 6.42 Å². The van der Waals surface area contributed by atoms with Crippen LogP contribution in [0, 0.1) is 0 Å². The molecular formula is C45H33N3O2S. The quantitative estimate of drug-likeness (QED) is 0.173. The van der Waals surface area contributed by atoms with Gasteiger partial charge in [0.1, 0.15) is 22.5 Å². The molecule has 5 nitrogen and oxygen atoms in total. The van der Waals surface area contributed by atoms with Crippen molar-refractivity contribution in [3.8, 4) is 11.1 Å². The van der Waals surface area contributed by atoms with Crippen LogP contribution in [0.25, 0.3) is 70.3 Å². The molecule has 0 amide bonds. The summed E-state index contributed by atoms with van der Waals surface area (Å²) in [5, 5.41) is 17.6. The summed E-state index contributed by atoms with van der Waals surface area (Å²) in [5.74, 6) is 0.995. The Kier molecular flexibility index (Phi) is 6.61. The van der Waals surface area contributed by atoms with E-state index in [0.29, 0.717) is 0 Å². The summed E-state index contributed by atoms with van der Waals surface area (Å²) in [7, 11) is 0. The van der Waals surface area contributed by atoms with E-state index in [2.05, 4.69) is 143 Å². The molecule has 1 aliphatic heterocycles. The smallest absolute Gasteiger partial charge is 0.143 e. The average Bonchev–Trinajstić information content (AvgIpc) is 3.88. The molecule has 51 heavy (non-hydrogen) atoms. The average molecular weight is 680 g/mol. The van der Waals surface area contributed by atoms with Crippen molar-refractivity contribution in [1.82, 2.24) is 16.0 Å². The second kappa shape index (κ2) is 11.5. The van der Waals surface area contributed by atoms with E-state index in [1.54, 1.807) is 0 Å². The number of hydrogen-bond acceptors (Lipinski definition) is 6. The zero-order valence-corrected chi connectivity index (χ0v) is 28.5. The van der Waals surface area contributed by atoms with Gasteiger partial charge in [-0.1, -0.05) is 103 Å². The topological polar surface area (TPSA) is 62.4 Å². The minimum absolute atomic E-state index is 0.0486. The van der Waals surface area contributed by atoms with Gasteiger partial charge in [0.2, 0.25) is 0 Å². The second-order valence-electron chi connectivity index (χ2n) is 13.7. The number of fused-ring (bicyclic) bond motifs is 9. The molecule has 2 aliphatic rings. The van der Waals surface area contributed by atoms with Crippen LogP contribution in [0.15, 0.2) is 142 Å². The zero-order chi connectivity index (χ0) is 33.5. The molecular weight excluding hydrogens is 647 g/mol. The summed E-state index contributed by atoms with van der Waals surface area (Å²) in [6.07, 6.45) is 6.18. The molecule has 246 valence electrons. The summed E-state index contributed by atoms with van der Waals surface area (Å²) in [4.78, 5) is 0. The molecule has 1 saturated heterocycles. The number of aryl methyl sites for hydroxylation is 1. The first-order chi connectivity index (χ1) is 25.2. The molecule has 6 heteroatoms. The summed E-state index contributed by atoms with van der Waals surface area (Å²) in [5.41, 5.74) is 9.96. The van der Waals surface area contributed by atoms with Gasteiger partial charge in [0.25, 0.3) is 0 Å². The van der Waals surface area contributed by atoms with Crippen LogP contribution in [0.3, 0.4) is 0 Å². The molecule has 0 saturated carbocycles. The number of benzene rings is 6. The van der Waals surface area contributed by atoms with E-state index in [-0.39, 0.29) is 18.5 Å². The molecule has 3 unspecified atom stereocenters. The first-order valence-electron chi connectivity index (χ1n) is 17.7. The van der Waals surface area contributed by atoms with E-state index in [9.17, 15) is 0 Å². The highest BCUT2D eigenvalue weighted by Crippen LogP contribution is 2.41. The van der Waals surface area contributed by atoms with Gasteiger partial charge >= 0.3 is 0 Å². The number of furan rings is 2. The Hall–Kier alpha value is -5.50. The van der Waals surface area contributed by atoms with E-state index in [4.69, 9.17) is 8.83 Å². The predicted molar refractivity (Wildman–Crippen MR) is 210 cm³/mol. The maximum absolute atomic E-state index is 6.40. The van der Waals surface area contributed by atoms with Crippen molar-refractivity contribution < 1.29 is 8.83 Å². The lowest BCUT2D eigenvalue weighted by Gasteiger charge is -2.39. The Morgan fingerprint density at radius 1 is 0.529 bits per heavy atom. The predicted octanol–water partition coefficient (Wildman–Crippen LogP) is 11.5. The number of para-hydroxylation sites is 2. The molecule has 11 rings (SSSR count). The minimum atomic E-state index is -0.0925. The summed E-state index contributed by atoms with van der Waals surface area (Å²) in [6.45, 7) is 0. The third kappa shape index (κ3) is 4.79. The van der Waals surface area contributed by atoms with Crippen LogP contribution in [0.5, 0.6) is 0 Å². The molecule has 0 bridgehead atoms. The van der Waals surface area contributed by atoms with Gasteiger partial charge < -0.3 is 8.83 Å². The lowest BCUT2D eigenvalue weighted by Crippen LogP contribution is -2.54. The number of hydrogen-bond donors (Lipinski definition) is 3. The van der Waals surface area contributed by atoms with Gasteiger partial charge in [0, 0.05) is 47.5 Å². The van der Waals surface area contributed by atoms with Crippen LogP contribution >= 0.6 is 11.3 Å². The molecule has 0 spiro atoms. The van der Waals surface area contributed by atoms with Crippen molar-refractivity contribution in [2.75, 3.05) is 0 Å². The summed E-state index contributed by atoms with van der Waals surface area (Å²) in [6, 6.07) is 45.8. The lowest BCUT2D eigenvalue weighted by atomic mass is 9.99. The van der Waals surface area contributed by atoms with Crippen molar-refractivity contribution >= 4 is 70.5 Å². The Balaban J connectivity index is 0.966. The van der Waals surface area contributed by atoms with Gasteiger partial charge in [-0.2, -0.15) is 0 Å². The van der Waals surface area contributed by atoms with E-state index in [1.165, 1.54) is 42.2 Å². The van der Waals surface area contributed by atoms with Gasteiger partial charge in [-0.25, -0.2) is 0 Å². The normalized spacial score (nSPS) is 19.1. The molecule has 4 heterocycles. The minimum Gasteiger partial charge on any atom is -0.456 e. The molecule has 3 atom stereocenters. The van der Waals surface area contributed by atoms with Gasteiger partial charge in [-0.05, 0) is 71.5 Å². The van der Waals surface area contributed by atoms with Crippen LogP contribution in [0.2, 0.25) is 0 Å². The van der Waals surface area contributed by atoms with Crippen molar-refractivity contribution in [2.24, 2.45) is 0 Å². The van der Waals surface area contributed by atoms with Crippen molar-refractivity contribution in [3.63, 3.8) is 0 Å². The molecule has 3 aromatic heterocycles. The molecule has 6 aromatic carbocycles. The second-order valence-corrected chi connectivity index (χ2v) is 14.8. The standard InChI is InChI=1S/C45H33N3O2S/c1-2-9-26(10-3-1)43-46-44(28-17-20-33-31-11-4-6-15-37(31)49-39(33)24-28)48-45(47-43)29-18-21-34-36-23-27(19-22-40(36)51-41(34)25-29)30-13-8-14-35-32-12-5-7-16-38(32)50-42(30)35/h1-3,5-10,12-25,43-48H,4,11H2. The van der Waals surface area contributed by atoms with Crippen LogP contribution in [0.4, 0.5) is 0 Å². The van der Waals surface area contributed by atoms with E-state index >= 15 is 0 Å². The highest BCUT2D eigenvalue weighted by Gasteiger charge is 2.30. The van der Waals surface area contributed by atoms with E-state index in [1.807, 2.05) is 23.5 Å². The fourth-order valence-electron chi connectivity index (χ4n) is 8.16. The summed E-state index contributed by atoms with van der Waals surface area (Å²) < 4.78 is 15.3. The third-order valence-electron chi connectivity index (χ3n) is 10.7. The van der Waals surface area contributed by atoms with Crippen LogP contribution < -0.4 is 16.0 Å². The lowest BCUT2D eigenvalue weighted by molar-refractivity contribution is 0.203. The van der Waals surface area contributed by atoms with Gasteiger partial charge in [-0.3, -0.25) is 16.0 Å². The first kappa shape index (κ1) is 29.3. The first-order valence-corrected chi connectivity index (χ1v) is 18.5. The number of nitrogens with one attached hydrogen (secondary N) is 3. The maximum Gasteiger partial charge on any atom is 0.143 e. The fraction of sp³-hybridized carbons (Fsp3) is 0.111. The number of allylic oxidation sites excluding steroid dienone is 1. The number of thiophene rings is 1. The summed E-state index contributed by atoms with van der Waals surface area (Å²) >= 11 is 1.85. The monoisotopic (exact) mass is 679 g/mol. The van der Waals surface area contributed by atoms with Crippen LogP contribution in [-0.4, -0.2) is 0 Å². The van der Waals surface area contributed by atoms with E-state index < -0.39 is 0 Å². The largest absolute Gasteiger partial charge is 0.456 e. The Morgan fingerprint density at radius 2 is 1.29 bits per heavy atom. The highest BCUT2D eigenvalue weighted by molar-refractivity contribution is 7.25. The molecule has 3 N–H and O–H groups in total. The fourth-order valence-corrected chi connectivity index (χ4v) is 9.29. The Bertz CT molecular complexity index is 2830. The Morgan fingerprint density at radius 3 is 2.18 bits per heavy atom. The molecule has 0 radical (unpaired) electrons. The Labute approximate surface area is 298 Å². The van der Waals surface area contributed by atoms with Crippen molar-refractivity contribution in [3.05, 3.63) is 161 Å². The van der Waals surface area contributed by atoms with E-state index in [0.717, 1.165) is 62.8 Å². The highest BCUT2D eigenvalue weighted by atomic mass is 32.1. The molecule has 1 aliphatic carbocycles. The SMILES string of the molecule is C1=Cc2oc3cc(C4NC(c5ccccc5)NC(c5ccc6c(c5)sc5ccc(-c7cccc8c7oc7ccccc78)cc56)N4)ccc3c2CC1. The number of rotatable bonds is 4. The maximum atomic E-state index is 6.40. The zero-order valence-electron chi connectivity index (χ0n) is 27.7. The molecule has 9 aromatic rings. The molecule has 1 fully saturated rings. The van der Waals surface area contributed by atoms with Crippen molar-refractivity contribution in [1.29, 1.82) is 0 Å². The van der Waals surface area contributed by atoms with Gasteiger partial charge in [0.15, 0.2) is 0 Å². The van der Waals surface area contributed by atoms with Crippen molar-refractivity contribution in [2.45, 2.75) is 31.3 Å². The van der Waals surface area contributed by atoms with Crippen LogP contribution in [0.1, 0.15) is 52.9 Å².